The molecule has 0 heterocycles. The SMILES string of the molecule is CCCCCCCCCCCCCC/C=C\CCCCCCCCCCCCCCCCCC(=O)NC(COP(=O)([O-])OCC[N+](C)(C)C)C(O)/C=C/CCCCCCCCCCCCCCCCCCCCCCC. The first-order chi connectivity index (χ1) is 37.0. The Morgan fingerprint density at radius 3 is 1.03 bits per heavy atom. The molecule has 3 atom stereocenters. The summed E-state index contributed by atoms with van der Waals surface area (Å²) in [7, 11) is 1.28. The second-order valence-electron chi connectivity index (χ2n) is 24.5. The number of quaternary nitrogens is 1. The molecule has 3 unspecified atom stereocenters. The number of carbonyl (C=O) groups is 1. The van der Waals surface area contributed by atoms with E-state index in [4.69, 9.17) is 9.05 Å². The van der Waals surface area contributed by atoms with Crippen LogP contribution in [0, 0.1) is 0 Å². The van der Waals surface area contributed by atoms with E-state index >= 15 is 0 Å². The molecule has 0 aliphatic heterocycles. The Labute approximate surface area is 474 Å². The normalized spacial score (nSPS) is 13.8. The van der Waals surface area contributed by atoms with Crippen LogP contribution in [0.2, 0.25) is 0 Å². The Hall–Kier alpha value is -1.02. The summed E-state index contributed by atoms with van der Waals surface area (Å²) in [5, 5.41) is 14.0. The number of aliphatic hydroxyl groups is 1. The van der Waals surface area contributed by atoms with Gasteiger partial charge in [-0.3, -0.25) is 9.36 Å². The van der Waals surface area contributed by atoms with Crippen LogP contribution in [0.3, 0.4) is 0 Å². The lowest BCUT2D eigenvalue weighted by Gasteiger charge is -2.29. The van der Waals surface area contributed by atoms with Crippen molar-refractivity contribution in [3.63, 3.8) is 0 Å². The van der Waals surface area contributed by atoms with Crippen LogP contribution in [0.15, 0.2) is 24.3 Å². The van der Waals surface area contributed by atoms with Gasteiger partial charge in [0, 0.05) is 6.42 Å². The number of amides is 1. The van der Waals surface area contributed by atoms with Crippen molar-refractivity contribution in [3.05, 3.63) is 24.3 Å². The van der Waals surface area contributed by atoms with Crippen molar-refractivity contribution in [2.24, 2.45) is 0 Å². The number of allylic oxidation sites excluding steroid dienone is 3. The van der Waals surface area contributed by atoms with Gasteiger partial charge in [-0.15, -0.1) is 0 Å². The molecule has 0 aliphatic rings. The van der Waals surface area contributed by atoms with E-state index in [1.54, 1.807) is 6.08 Å². The summed E-state index contributed by atoms with van der Waals surface area (Å²) in [5.41, 5.74) is 0. The summed E-state index contributed by atoms with van der Waals surface area (Å²) in [4.78, 5) is 25.6. The fraction of sp³-hybridized carbons (Fsp3) is 0.925. The molecule has 0 saturated carbocycles. The maximum Gasteiger partial charge on any atom is 0.268 e. The third-order valence-electron chi connectivity index (χ3n) is 15.7. The van der Waals surface area contributed by atoms with Gasteiger partial charge in [0.05, 0.1) is 39.9 Å². The number of aliphatic hydroxyl groups excluding tert-OH is 1. The second-order valence-corrected chi connectivity index (χ2v) is 25.9. The van der Waals surface area contributed by atoms with Crippen molar-refractivity contribution in [2.75, 3.05) is 40.9 Å². The predicted molar refractivity (Wildman–Crippen MR) is 330 cm³/mol. The first kappa shape index (κ1) is 75.0. The summed E-state index contributed by atoms with van der Waals surface area (Å²) < 4.78 is 23.4. The highest BCUT2D eigenvalue weighted by Gasteiger charge is 2.23. The third-order valence-corrected chi connectivity index (χ3v) is 16.6. The predicted octanol–water partition coefficient (Wildman–Crippen LogP) is 20.5. The molecule has 0 fully saturated rings. The molecule has 0 spiro atoms. The molecule has 8 nitrogen and oxygen atoms in total. The molecule has 0 aromatic carbocycles. The standard InChI is InChI=1S/C67H133N2O6P/c1-6-8-10-12-14-16-18-20-22-24-26-28-30-31-32-33-34-35-36-37-39-41-43-45-47-49-51-53-55-57-59-61-67(71)68-65(64-75-76(72,73)74-63-62-69(3,4)5)66(70)60-58-56-54-52-50-48-46-44-42-40-38-29-27-25-23-21-19-17-15-13-11-9-7-2/h31-32,58,60,65-66,70H,6-30,33-57,59,61-64H2,1-5H3,(H-,68,71,72,73)/b32-31-,60-58+. The van der Waals surface area contributed by atoms with Crippen molar-refractivity contribution >= 4 is 13.7 Å². The van der Waals surface area contributed by atoms with Crippen LogP contribution < -0.4 is 10.2 Å². The van der Waals surface area contributed by atoms with Crippen molar-refractivity contribution < 1.29 is 32.9 Å². The van der Waals surface area contributed by atoms with Gasteiger partial charge in [0.2, 0.25) is 5.91 Å². The van der Waals surface area contributed by atoms with Gasteiger partial charge in [0.25, 0.3) is 7.82 Å². The quantitative estimate of drug-likeness (QED) is 0.0272. The van der Waals surface area contributed by atoms with Crippen LogP contribution in [0.1, 0.15) is 348 Å². The molecule has 0 bridgehead atoms. The number of phosphoric ester groups is 1. The number of hydrogen-bond acceptors (Lipinski definition) is 6. The maximum absolute atomic E-state index is 13.0. The molecule has 0 aromatic rings. The van der Waals surface area contributed by atoms with Gasteiger partial charge in [-0.25, -0.2) is 0 Å². The summed E-state index contributed by atoms with van der Waals surface area (Å²) >= 11 is 0. The molecule has 452 valence electrons. The number of unbranched alkanes of at least 4 members (excludes halogenated alkanes) is 48. The topological polar surface area (TPSA) is 108 Å². The number of nitrogens with one attached hydrogen (secondary N) is 1. The molecule has 0 aromatic heterocycles. The number of rotatable bonds is 63. The molecule has 1 amide bonds. The average Bonchev–Trinajstić information content (AvgIpc) is 3.38. The smallest absolute Gasteiger partial charge is 0.268 e. The van der Waals surface area contributed by atoms with Crippen molar-refractivity contribution in [2.45, 2.75) is 360 Å². The van der Waals surface area contributed by atoms with E-state index in [1.165, 1.54) is 289 Å². The van der Waals surface area contributed by atoms with E-state index in [-0.39, 0.29) is 19.1 Å². The Morgan fingerprint density at radius 2 is 0.724 bits per heavy atom. The molecule has 76 heavy (non-hydrogen) atoms. The van der Waals surface area contributed by atoms with E-state index in [0.29, 0.717) is 17.4 Å². The van der Waals surface area contributed by atoms with E-state index in [1.807, 2.05) is 27.2 Å². The highest BCUT2D eigenvalue weighted by Crippen LogP contribution is 2.38. The summed E-state index contributed by atoms with van der Waals surface area (Å²) in [5.74, 6) is -0.190. The average molecular weight is 1090 g/mol. The van der Waals surface area contributed by atoms with Gasteiger partial charge in [0.1, 0.15) is 13.2 Å². The van der Waals surface area contributed by atoms with E-state index in [0.717, 1.165) is 38.5 Å². The molecule has 0 saturated heterocycles. The summed E-state index contributed by atoms with van der Waals surface area (Å²) in [6.07, 6.45) is 75.7. The van der Waals surface area contributed by atoms with Gasteiger partial charge in [-0.05, 0) is 44.9 Å². The number of carbonyl (C=O) groups excluding carboxylic acids is 1. The second kappa shape index (κ2) is 58.6. The molecule has 2 N–H and O–H groups in total. The first-order valence-electron chi connectivity index (χ1n) is 33.7. The van der Waals surface area contributed by atoms with Gasteiger partial charge in [-0.2, -0.15) is 0 Å². The van der Waals surface area contributed by atoms with Gasteiger partial charge >= 0.3 is 0 Å². The Balaban J connectivity index is 4.05. The van der Waals surface area contributed by atoms with E-state index in [2.05, 4.69) is 31.3 Å². The van der Waals surface area contributed by atoms with Crippen molar-refractivity contribution in [3.8, 4) is 0 Å². The minimum Gasteiger partial charge on any atom is -0.756 e. The van der Waals surface area contributed by atoms with E-state index < -0.39 is 20.0 Å². The highest BCUT2D eigenvalue weighted by molar-refractivity contribution is 7.45. The molecule has 0 rings (SSSR count). The number of likely N-dealkylation sites (N-methyl/N-ethyl adjacent to an activating group) is 1. The molecule has 0 radical (unpaired) electrons. The van der Waals surface area contributed by atoms with Crippen molar-refractivity contribution in [1.29, 1.82) is 0 Å². The number of hydrogen-bond donors (Lipinski definition) is 2. The fourth-order valence-corrected chi connectivity index (χ4v) is 11.1. The van der Waals surface area contributed by atoms with Crippen LogP contribution in [0.4, 0.5) is 0 Å². The molecule has 0 aliphatic carbocycles. The molecule has 9 heteroatoms. The van der Waals surface area contributed by atoms with Crippen LogP contribution in [0.5, 0.6) is 0 Å². The Kier molecular flexibility index (Phi) is 57.8. The first-order valence-corrected chi connectivity index (χ1v) is 35.2. The minimum atomic E-state index is -4.60. The highest BCUT2D eigenvalue weighted by atomic mass is 31.2. The fourth-order valence-electron chi connectivity index (χ4n) is 10.4. The van der Waals surface area contributed by atoms with E-state index in [9.17, 15) is 19.4 Å². The van der Waals surface area contributed by atoms with Crippen LogP contribution in [0.25, 0.3) is 0 Å². The summed E-state index contributed by atoms with van der Waals surface area (Å²) in [6.45, 7) is 4.71. The number of phosphoric acid groups is 1. The zero-order valence-corrected chi connectivity index (χ0v) is 52.6. The monoisotopic (exact) mass is 1090 g/mol. The molecular formula is C67H133N2O6P. The Morgan fingerprint density at radius 1 is 0.447 bits per heavy atom. The zero-order chi connectivity index (χ0) is 55.6. The van der Waals surface area contributed by atoms with Crippen LogP contribution in [-0.2, 0) is 18.4 Å². The lowest BCUT2D eigenvalue weighted by Crippen LogP contribution is -2.45. The van der Waals surface area contributed by atoms with Gasteiger partial charge < -0.3 is 28.8 Å². The zero-order valence-electron chi connectivity index (χ0n) is 51.7. The van der Waals surface area contributed by atoms with Gasteiger partial charge in [0.15, 0.2) is 0 Å². The maximum atomic E-state index is 13.0. The minimum absolute atomic E-state index is 0.00152. The lowest BCUT2D eigenvalue weighted by molar-refractivity contribution is -0.870. The van der Waals surface area contributed by atoms with Crippen LogP contribution in [-0.4, -0.2) is 68.5 Å². The van der Waals surface area contributed by atoms with Crippen LogP contribution >= 0.6 is 7.82 Å². The number of nitrogens with zero attached hydrogens (tertiary/aromatic N) is 1. The third kappa shape index (κ3) is 60.6. The largest absolute Gasteiger partial charge is 0.756 e. The summed E-state index contributed by atoms with van der Waals surface area (Å²) in [6, 6.07) is -0.885. The van der Waals surface area contributed by atoms with Gasteiger partial charge in [-0.1, -0.05) is 321 Å². The Bertz CT molecular complexity index is 1290. The lowest BCUT2D eigenvalue weighted by atomic mass is 10.0. The van der Waals surface area contributed by atoms with Crippen molar-refractivity contribution in [1.82, 2.24) is 5.32 Å². The molecular weight excluding hydrogens is 960 g/mol.